The molecule has 1 aliphatic rings. The highest BCUT2D eigenvalue weighted by atomic mass is 16.1. The molecule has 0 aromatic heterocycles. The Bertz CT molecular complexity index is 694. The second-order valence-corrected chi connectivity index (χ2v) is 7.03. The molecule has 1 heterocycles. The molecule has 0 radical (unpaired) electrons. The van der Waals surface area contributed by atoms with Crippen molar-refractivity contribution >= 4 is 11.6 Å². The fourth-order valence-corrected chi connectivity index (χ4v) is 3.43. The summed E-state index contributed by atoms with van der Waals surface area (Å²) in [6, 6.07) is 18.1. The van der Waals surface area contributed by atoms with E-state index in [4.69, 9.17) is 5.73 Å². The van der Waals surface area contributed by atoms with Crippen LogP contribution in [0.5, 0.6) is 0 Å². The lowest BCUT2D eigenvalue weighted by atomic mass is 10.1. The zero-order valence-corrected chi connectivity index (χ0v) is 15.9. The number of hydrogen-bond acceptors (Lipinski definition) is 4. The number of anilines is 1. The first-order chi connectivity index (χ1) is 13.3. The van der Waals surface area contributed by atoms with Gasteiger partial charge in [-0.15, -0.1) is 0 Å². The summed E-state index contributed by atoms with van der Waals surface area (Å²) in [5, 5.41) is 3.01. The van der Waals surface area contributed by atoms with Crippen molar-refractivity contribution in [2.75, 3.05) is 44.2 Å². The van der Waals surface area contributed by atoms with Gasteiger partial charge < -0.3 is 16.0 Å². The van der Waals surface area contributed by atoms with Crippen LogP contribution in [0, 0.1) is 0 Å². The lowest BCUT2D eigenvalue weighted by molar-refractivity contribution is 0.0952. The number of amides is 1. The van der Waals surface area contributed by atoms with Crippen LogP contribution in [-0.2, 0) is 6.54 Å². The van der Waals surface area contributed by atoms with Crippen molar-refractivity contribution in [3.8, 4) is 0 Å². The lowest BCUT2D eigenvalue weighted by Crippen LogP contribution is -2.46. The maximum Gasteiger partial charge on any atom is 0.251 e. The minimum Gasteiger partial charge on any atom is -0.369 e. The van der Waals surface area contributed by atoms with E-state index in [1.807, 2.05) is 24.3 Å². The van der Waals surface area contributed by atoms with E-state index in [0.29, 0.717) is 12.1 Å². The summed E-state index contributed by atoms with van der Waals surface area (Å²) in [6.07, 6.45) is 2.11. The topological polar surface area (TPSA) is 61.6 Å². The van der Waals surface area contributed by atoms with E-state index in [0.717, 1.165) is 57.7 Å². The summed E-state index contributed by atoms with van der Waals surface area (Å²) >= 11 is 0. The molecular formula is C22H30N4O. The average Bonchev–Trinajstić information content (AvgIpc) is 2.74. The first kappa shape index (κ1) is 19.4. The minimum atomic E-state index is -0.00459. The van der Waals surface area contributed by atoms with Gasteiger partial charge in [0.2, 0.25) is 0 Å². The Labute approximate surface area is 162 Å². The molecule has 0 bridgehead atoms. The highest BCUT2D eigenvalue weighted by molar-refractivity contribution is 5.94. The van der Waals surface area contributed by atoms with Crippen molar-refractivity contribution in [1.29, 1.82) is 0 Å². The van der Waals surface area contributed by atoms with Crippen molar-refractivity contribution in [1.82, 2.24) is 10.2 Å². The van der Waals surface area contributed by atoms with Gasteiger partial charge in [0.15, 0.2) is 0 Å². The SMILES string of the molecule is NCc1ccc(C(=O)NCCCCN2CCN(c3ccccc3)CC2)cc1. The third-order valence-corrected chi connectivity index (χ3v) is 5.13. The van der Waals surface area contributed by atoms with E-state index in [9.17, 15) is 4.79 Å². The van der Waals surface area contributed by atoms with Crippen LogP contribution < -0.4 is 16.0 Å². The van der Waals surface area contributed by atoms with Crippen LogP contribution in [0.15, 0.2) is 54.6 Å². The van der Waals surface area contributed by atoms with Gasteiger partial charge in [-0.1, -0.05) is 30.3 Å². The maximum absolute atomic E-state index is 12.1. The number of carbonyl (C=O) groups excluding carboxylic acids is 1. The molecule has 0 spiro atoms. The van der Waals surface area contributed by atoms with E-state index in [1.54, 1.807) is 0 Å². The average molecular weight is 367 g/mol. The summed E-state index contributed by atoms with van der Waals surface area (Å²) in [7, 11) is 0. The van der Waals surface area contributed by atoms with Gasteiger partial charge in [0, 0.05) is 50.5 Å². The van der Waals surface area contributed by atoms with Crippen LogP contribution in [-0.4, -0.2) is 50.1 Å². The highest BCUT2D eigenvalue weighted by Crippen LogP contribution is 2.15. The molecule has 1 fully saturated rings. The monoisotopic (exact) mass is 366 g/mol. The van der Waals surface area contributed by atoms with Crippen LogP contribution >= 0.6 is 0 Å². The van der Waals surface area contributed by atoms with Crippen LogP contribution in [0.25, 0.3) is 0 Å². The number of carbonyl (C=O) groups is 1. The normalized spacial score (nSPS) is 14.9. The third-order valence-electron chi connectivity index (χ3n) is 5.13. The van der Waals surface area contributed by atoms with Crippen molar-refractivity contribution < 1.29 is 4.79 Å². The van der Waals surface area contributed by atoms with E-state index < -0.39 is 0 Å². The Balaban J connectivity index is 1.29. The van der Waals surface area contributed by atoms with E-state index >= 15 is 0 Å². The standard InChI is InChI=1S/C22H30N4O/c23-18-19-8-10-20(11-9-19)22(27)24-12-4-5-13-25-14-16-26(17-15-25)21-6-2-1-3-7-21/h1-3,6-11H,4-5,12-18,23H2,(H,24,27). The second kappa shape index (κ2) is 10.1. The Hall–Kier alpha value is -2.37. The fourth-order valence-electron chi connectivity index (χ4n) is 3.43. The van der Waals surface area contributed by atoms with Crippen LogP contribution in [0.2, 0.25) is 0 Å². The van der Waals surface area contributed by atoms with Crippen LogP contribution in [0.4, 0.5) is 5.69 Å². The van der Waals surface area contributed by atoms with Gasteiger partial charge >= 0.3 is 0 Å². The van der Waals surface area contributed by atoms with E-state index in [-0.39, 0.29) is 5.91 Å². The lowest BCUT2D eigenvalue weighted by Gasteiger charge is -2.36. The molecule has 3 N–H and O–H groups in total. The van der Waals surface area contributed by atoms with Crippen molar-refractivity contribution in [2.24, 2.45) is 5.73 Å². The predicted octanol–water partition coefficient (Wildman–Crippen LogP) is 2.48. The Morgan fingerprint density at radius 3 is 2.30 bits per heavy atom. The van der Waals surface area contributed by atoms with Gasteiger partial charge in [-0.25, -0.2) is 0 Å². The Morgan fingerprint density at radius 2 is 1.63 bits per heavy atom. The summed E-state index contributed by atoms with van der Waals surface area (Å²) < 4.78 is 0. The summed E-state index contributed by atoms with van der Waals surface area (Å²) in [5.41, 5.74) is 8.64. The fraction of sp³-hybridized carbons (Fsp3) is 0.409. The number of nitrogens with zero attached hydrogens (tertiary/aromatic N) is 2. The molecule has 0 unspecified atom stereocenters. The van der Waals surface area contributed by atoms with Crippen LogP contribution in [0.3, 0.4) is 0 Å². The van der Waals surface area contributed by atoms with Crippen molar-refractivity contribution in [2.45, 2.75) is 19.4 Å². The predicted molar refractivity (Wildman–Crippen MR) is 111 cm³/mol. The largest absolute Gasteiger partial charge is 0.369 e. The Kier molecular flexibility index (Phi) is 7.25. The van der Waals surface area contributed by atoms with E-state index in [2.05, 4.69) is 45.4 Å². The number of piperazine rings is 1. The molecule has 27 heavy (non-hydrogen) atoms. The zero-order valence-electron chi connectivity index (χ0n) is 15.9. The molecule has 2 aromatic rings. The molecule has 0 aliphatic carbocycles. The van der Waals surface area contributed by atoms with Gasteiger partial charge in [0.1, 0.15) is 0 Å². The number of nitrogens with two attached hydrogens (primary N) is 1. The van der Waals surface area contributed by atoms with Gasteiger partial charge in [0.05, 0.1) is 0 Å². The number of para-hydroxylation sites is 1. The molecule has 2 aromatic carbocycles. The zero-order chi connectivity index (χ0) is 18.9. The molecule has 1 aliphatic heterocycles. The summed E-state index contributed by atoms with van der Waals surface area (Å²) in [4.78, 5) is 17.1. The summed E-state index contributed by atoms with van der Waals surface area (Å²) in [5.74, 6) is -0.00459. The number of benzene rings is 2. The van der Waals surface area contributed by atoms with Crippen LogP contribution in [0.1, 0.15) is 28.8 Å². The maximum atomic E-state index is 12.1. The second-order valence-electron chi connectivity index (χ2n) is 7.03. The molecule has 0 atom stereocenters. The molecule has 1 saturated heterocycles. The van der Waals surface area contributed by atoms with Gasteiger partial charge in [-0.05, 0) is 49.2 Å². The molecule has 5 heteroatoms. The first-order valence-corrected chi connectivity index (χ1v) is 9.86. The third kappa shape index (κ3) is 5.81. The summed E-state index contributed by atoms with van der Waals surface area (Å²) in [6.45, 7) is 6.70. The number of nitrogens with one attached hydrogen (secondary N) is 1. The van der Waals surface area contributed by atoms with E-state index in [1.165, 1.54) is 5.69 Å². The molecule has 144 valence electrons. The molecular weight excluding hydrogens is 336 g/mol. The highest BCUT2D eigenvalue weighted by Gasteiger charge is 2.16. The smallest absolute Gasteiger partial charge is 0.251 e. The van der Waals surface area contributed by atoms with Crippen molar-refractivity contribution in [3.63, 3.8) is 0 Å². The Morgan fingerprint density at radius 1 is 0.926 bits per heavy atom. The molecule has 3 rings (SSSR count). The van der Waals surface area contributed by atoms with Crippen molar-refractivity contribution in [3.05, 3.63) is 65.7 Å². The first-order valence-electron chi connectivity index (χ1n) is 9.86. The molecule has 0 saturated carbocycles. The number of unbranched alkanes of at least 4 members (excludes halogenated alkanes) is 1. The number of hydrogen-bond donors (Lipinski definition) is 2. The molecule has 1 amide bonds. The quantitative estimate of drug-likeness (QED) is 0.705. The van der Waals surface area contributed by atoms with Gasteiger partial charge in [-0.2, -0.15) is 0 Å². The van der Waals surface area contributed by atoms with Gasteiger partial charge in [0.25, 0.3) is 5.91 Å². The number of rotatable bonds is 8. The van der Waals surface area contributed by atoms with Gasteiger partial charge in [-0.3, -0.25) is 9.69 Å². The molecule has 5 nitrogen and oxygen atoms in total. The minimum absolute atomic E-state index is 0.00459.